The van der Waals surface area contributed by atoms with Crippen LogP contribution in [0.15, 0.2) is 73.1 Å². The van der Waals surface area contributed by atoms with Gasteiger partial charge in [-0.15, -0.1) is 0 Å². The van der Waals surface area contributed by atoms with Gasteiger partial charge in [-0.05, 0) is 24.3 Å². The van der Waals surface area contributed by atoms with Crippen molar-refractivity contribution in [3.63, 3.8) is 0 Å². The maximum absolute atomic E-state index is 11.9. The van der Waals surface area contributed by atoms with Gasteiger partial charge in [-0.25, -0.2) is 4.68 Å². The van der Waals surface area contributed by atoms with E-state index in [0.29, 0.717) is 0 Å². The lowest BCUT2D eigenvalue weighted by molar-refractivity contribution is -0.384. The van der Waals surface area contributed by atoms with Crippen LogP contribution in [0.1, 0.15) is 5.56 Å². The average Bonchev–Trinajstić information content (AvgIpc) is 3.14. The second-order valence-electron chi connectivity index (χ2n) is 5.28. The molecule has 0 fully saturated rings. The van der Waals surface area contributed by atoms with E-state index in [1.54, 1.807) is 35.3 Å². The number of hydrogen-bond donors (Lipinski definition) is 2. The molecular weight excluding hydrogens is 334 g/mol. The Morgan fingerprint density at radius 2 is 1.85 bits per heavy atom. The third kappa shape index (κ3) is 4.12. The predicted molar refractivity (Wildman–Crippen MR) is 97.5 cm³/mol. The van der Waals surface area contributed by atoms with Gasteiger partial charge in [-0.1, -0.05) is 30.3 Å². The molecule has 0 saturated carbocycles. The summed E-state index contributed by atoms with van der Waals surface area (Å²) >= 11 is 0. The predicted octanol–water partition coefficient (Wildman–Crippen LogP) is 2.94. The number of anilines is 1. The lowest BCUT2D eigenvalue weighted by atomic mass is 10.3. The number of para-hydroxylation sites is 3. The highest BCUT2D eigenvalue weighted by Crippen LogP contribution is 2.22. The van der Waals surface area contributed by atoms with Crippen molar-refractivity contribution in [1.29, 1.82) is 0 Å². The maximum atomic E-state index is 11.9. The van der Waals surface area contributed by atoms with E-state index in [2.05, 4.69) is 16.0 Å². The van der Waals surface area contributed by atoms with Crippen molar-refractivity contribution in [3.8, 4) is 5.69 Å². The van der Waals surface area contributed by atoms with E-state index < -0.39 is 10.8 Å². The normalized spacial score (nSPS) is 10.6. The maximum Gasteiger partial charge on any atom is 0.294 e. The van der Waals surface area contributed by atoms with E-state index in [1.165, 1.54) is 18.2 Å². The van der Waals surface area contributed by atoms with Gasteiger partial charge in [0.1, 0.15) is 5.69 Å². The standard InChI is InChI=1S/C18H15N5O3/c24-18(21-20-16-8-4-5-9-17(16)23(25)26)11-10-14-12-19-22(13-14)15-6-2-1-3-7-15/h1-13,20H,(H,21,24). The zero-order chi connectivity index (χ0) is 18.4. The van der Waals surface area contributed by atoms with E-state index in [-0.39, 0.29) is 11.4 Å². The first kappa shape index (κ1) is 16.9. The number of aromatic nitrogens is 2. The Morgan fingerprint density at radius 3 is 2.62 bits per heavy atom. The molecule has 0 spiro atoms. The molecule has 2 aromatic carbocycles. The molecule has 0 atom stereocenters. The first-order chi connectivity index (χ1) is 12.6. The van der Waals surface area contributed by atoms with E-state index in [0.717, 1.165) is 11.3 Å². The SMILES string of the molecule is O=C(C=Cc1cnn(-c2ccccc2)c1)NNc1ccccc1[N+](=O)[O-]. The highest BCUT2D eigenvalue weighted by Gasteiger charge is 2.12. The number of nitrogens with one attached hydrogen (secondary N) is 2. The van der Waals surface area contributed by atoms with Crippen molar-refractivity contribution < 1.29 is 9.72 Å². The number of carbonyl (C=O) groups excluding carboxylic acids is 1. The van der Waals surface area contributed by atoms with Crippen molar-refractivity contribution in [3.05, 3.63) is 88.7 Å². The average molecular weight is 349 g/mol. The van der Waals surface area contributed by atoms with Gasteiger partial charge in [0, 0.05) is 23.9 Å². The second-order valence-corrected chi connectivity index (χ2v) is 5.28. The summed E-state index contributed by atoms with van der Waals surface area (Å²) in [6.45, 7) is 0. The summed E-state index contributed by atoms with van der Waals surface area (Å²) in [5.41, 5.74) is 6.68. The van der Waals surface area contributed by atoms with E-state index in [4.69, 9.17) is 0 Å². The molecule has 0 aliphatic heterocycles. The lowest BCUT2D eigenvalue weighted by Gasteiger charge is -2.06. The zero-order valence-electron chi connectivity index (χ0n) is 13.6. The molecule has 0 aliphatic carbocycles. The fourth-order valence-corrected chi connectivity index (χ4v) is 2.23. The molecule has 3 aromatic rings. The van der Waals surface area contributed by atoms with Gasteiger partial charge >= 0.3 is 0 Å². The van der Waals surface area contributed by atoms with Gasteiger partial charge in [-0.3, -0.25) is 25.8 Å². The van der Waals surface area contributed by atoms with Gasteiger partial charge in [-0.2, -0.15) is 5.10 Å². The molecular formula is C18H15N5O3. The number of hydrogen-bond acceptors (Lipinski definition) is 5. The minimum Gasteiger partial charge on any atom is -0.292 e. The van der Waals surface area contributed by atoms with Gasteiger partial charge in [0.15, 0.2) is 0 Å². The number of nitro benzene ring substituents is 1. The lowest BCUT2D eigenvalue weighted by Crippen LogP contribution is -2.27. The number of rotatable bonds is 6. The minimum atomic E-state index is -0.525. The quantitative estimate of drug-likeness (QED) is 0.405. The van der Waals surface area contributed by atoms with Crippen LogP contribution in [0.2, 0.25) is 0 Å². The number of hydrazine groups is 1. The molecule has 0 saturated heterocycles. The van der Waals surface area contributed by atoms with Crippen molar-refractivity contribution in [2.24, 2.45) is 0 Å². The van der Waals surface area contributed by atoms with Crippen molar-refractivity contribution in [2.75, 3.05) is 5.43 Å². The summed E-state index contributed by atoms with van der Waals surface area (Å²) in [5.74, 6) is -0.449. The second kappa shape index (κ2) is 7.75. The molecule has 8 nitrogen and oxygen atoms in total. The van der Waals surface area contributed by atoms with Crippen LogP contribution in [0, 0.1) is 10.1 Å². The molecule has 0 aliphatic rings. The first-order valence-electron chi connectivity index (χ1n) is 7.71. The fourth-order valence-electron chi connectivity index (χ4n) is 2.23. The zero-order valence-corrected chi connectivity index (χ0v) is 13.6. The Bertz CT molecular complexity index is 950. The number of nitro groups is 1. The minimum absolute atomic E-state index is 0.124. The number of benzene rings is 2. The Hall–Kier alpha value is -3.94. The van der Waals surface area contributed by atoms with Crippen molar-refractivity contribution >= 4 is 23.4 Å². The molecule has 1 aromatic heterocycles. The number of amides is 1. The van der Waals surface area contributed by atoms with Crippen LogP contribution in [0.4, 0.5) is 11.4 Å². The highest BCUT2D eigenvalue weighted by molar-refractivity contribution is 5.92. The summed E-state index contributed by atoms with van der Waals surface area (Å²) < 4.78 is 1.70. The van der Waals surface area contributed by atoms with Crippen LogP contribution in [0.25, 0.3) is 11.8 Å². The molecule has 26 heavy (non-hydrogen) atoms. The third-order valence-corrected chi connectivity index (χ3v) is 3.47. The highest BCUT2D eigenvalue weighted by atomic mass is 16.6. The smallest absolute Gasteiger partial charge is 0.292 e. The molecule has 2 N–H and O–H groups in total. The monoisotopic (exact) mass is 349 g/mol. The number of carbonyl (C=O) groups is 1. The Morgan fingerprint density at radius 1 is 1.12 bits per heavy atom. The fraction of sp³-hybridized carbons (Fsp3) is 0. The van der Waals surface area contributed by atoms with Gasteiger partial charge in [0.25, 0.3) is 11.6 Å². The summed E-state index contributed by atoms with van der Waals surface area (Å²) in [7, 11) is 0. The van der Waals surface area contributed by atoms with Gasteiger partial charge in [0.2, 0.25) is 0 Å². The molecule has 130 valence electrons. The summed E-state index contributed by atoms with van der Waals surface area (Å²) in [6, 6.07) is 15.6. The summed E-state index contributed by atoms with van der Waals surface area (Å²) in [6.07, 6.45) is 6.33. The molecule has 0 bridgehead atoms. The first-order valence-corrected chi connectivity index (χ1v) is 7.71. The Labute approximate surface area is 148 Å². The van der Waals surface area contributed by atoms with Crippen molar-refractivity contribution in [1.82, 2.24) is 15.2 Å². The van der Waals surface area contributed by atoms with Crippen LogP contribution in [-0.4, -0.2) is 20.6 Å². The molecule has 0 unspecified atom stereocenters. The summed E-state index contributed by atoms with van der Waals surface area (Å²) in [5, 5.41) is 15.2. The third-order valence-electron chi connectivity index (χ3n) is 3.47. The van der Waals surface area contributed by atoms with Crippen LogP contribution in [-0.2, 0) is 4.79 Å². The molecule has 3 rings (SSSR count). The van der Waals surface area contributed by atoms with Crippen molar-refractivity contribution in [2.45, 2.75) is 0 Å². The largest absolute Gasteiger partial charge is 0.294 e. The van der Waals surface area contributed by atoms with Crippen LogP contribution < -0.4 is 10.9 Å². The van der Waals surface area contributed by atoms with E-state index >= 15 is 0 Å². The Balaban J connectivity index is 1.61. The summed E-state index contributed by atoms with van der Waals surface area (Å²) in [4.78, 5) is 22.3. The van der Waals surface area contributed by atoms with Gasteiger partial charge in [0.05, 0.1) is 16.8 Å². The molecule has 1 heterocycles. The van der Waals surface area contributed by atoms with E-state index in [1.807, 2.05) is 30.3 Å². The van der Waals surface area contributed by atoms with Crippen LogP contribution in [0.5, 0.6) is 0 Å². The molecule has 8 heteroatoms. The van der Waals surface area contributed by atoms with E-state index in [9.17, 15) is 14.9 Å². The van der Waals surface area contributed by atoms with Gasteiger partial charge < -0.3 is 0 Å². The topological polar surface area (TPSA) is 102 Å². The number of nitrogens with zero attached hydrogens (tertiary/aromatic N) is 3. The van der Waals surface area contributed by atoms with Crippen LogP contribution >= 0.6 is 0 Å². The molecule has 1 amide bonds. The molecule has 0 radical (unpaired) electrons. The Kier molecular flexibility index (Phi) is 5.04. The van der Waals surface area contributed by atoms with Crippen LogP contribution in [0.3, 0.4) is 0 Å².